The van der Waals surface area contributed by atoms with Crippen molar-refractivity contribution in [2.45, 2.75) is 38.2 Å². The monoisotopic (exact) mass is 237 g/mol. The lowest BCUT2D eigenvalue weighted by Gasteiger charge is -2.23. The number of nitrogens with one attached hydrogen (secondary N) is 1. The minimum atomic E-state index is 0.343. The summed E-state index contributed by atoms with van der Waals surface area (Å²) < 4.78 is 5.88. The number of halogens is 1. The lowest BCUT2D eigenvalue weighted by Crippen LogP contribution is -2.19. The van der Waals surface area contributed by atoms with E-state index in [-0.39, 0.29) is 0 Å². The Balaban J connectivity index is 2.03. The minimum absolute atomic E-state index is 0.343. The Morgan fingerprint density at radius 3 is 2.62 bits per heavy atom. The van der Waals surface area contributed by atoms with Crippen molar-refractivity contribution in [1.82, 2.24) is 0 Å². The second kappa shape index (κ2) is 5.35. The molecular weight excluding hydrogens is 222 g/mol. The van der Waals surface area contributed by atoms with Crippen LogP contribution < -0.4 is 4.74 Å². The molecule has 1 N–H and O–H groups in total. The molecule has 0 bridgehead atoms. The zero-order valence-electron chi connectivity index (χ0n) is 9.21. The van der Waals surface area contributed by atoms with E-state index in [0.29, 0.717) is 11.1 Å². The van der Waals surface area contributed by atoms with Crippen LogP contribution in [-0.4, -0.2) is 12.3 Å². The highest BCUT2D eigenvalue weighted by Gasteiger charge is 2.15. The molecule has 1 aromatic rings. The zero-order chi connectivity index (χ0) is 11.4. The van der Waals surface area contributed by atoms with Crippen molar-refractivity contribution < 1.29 is 4.74 Å². The van der Waals surface area contributed by atoms with Gasteiger partial charge < -0.3 is 10.1 Å². The molecule has 0 unspecified atom stereocenters. The minimum Gasteiger partial charge on any atom is -0.490 e. The van der Waals surface area contributed by atoms with Crippen molar-refractivity contribution in [2.75, 3.05) is 0 Å². The summed E-state index contributed by atoms with van der Waals surface area (Å²) in [6.07, 6.45) is 7.73. The summed E-state index contributed by atoms with van der Waals surface area (Å²) >= 11 is 6.02. The molecule has 2 rings (SSSR count). The van der Waals surface area contributed by atoms with E-state index in [1.54, 1.807) is 6.07 Å². The molecule has 0 spiro atoms. The molecule has 2 nitrogen and oxygen atoms in total. The lowest BCUT2D eigenvalue weighted by atomic mass is 9.98. The largest absolute Gasteiger partial charge is 0.490 e. The van der Waals surface area contributed by atoms with E-state index in [1.165, 1.54) is 25.5 Å². The fourth-order valence-corrected chi connectivity index (χ4v) is 2.30. The van der Waals surface area contributed by atoms with Gasteiger partial charge in [0.05, 0.1) is 11.1 Å². The van der Waals surface area contributed by atoms with E-state index in [1.807, 2.05) is 12.1 Å². The maximum atomic E-state index is 7.16. The van der Waals surface area contributed by atoms with Crippen LogP contribution in [0.2, 0.25) is 5.02 Å². The van der Waals surface area contributed by atoms with E-state index < -0.39 is 0 Å². The molecular formula is C13H16ClNO. The first-order chi connectivity index (χ1) is 7.79. The van der Waals surface area contributed by atoms with Gasteiger partial charge in [-0.3, -0.25) is 0 Å². The van der Waals surface area contributed by atoms with E-state index in [2.05, 4.69) is 0 Å². The Labute approximate surface area is 101 Å². The van der Waals surface area contributed by atoms with E-state index in [9.17, 15) is 0 Å². The second-order valence-corrected chi connectivity index (χ2v) is 4.61. The highest BCUT2D eigenvalue weighted by atomic mass is 35.5. The topological polar surface area (TPSA) is 33.1 Å². The normalized spacial score (nSPS) is 17.1. The summed E-state index contributed by atoms with van der Waals surface area (Å²) in [5.41, 5.74) is 0.734. The average Bonchev–Trinajstić information content (AvgIpc) is 2.31. The van der Waals surface area contributed by atoms with Crippen LogP contribution in [0.3, 0.4) is 0 Å². The molecule has 0 saturated heterocycles. The molecule has 0 aromatic heterocycles. The van der Waals surface area contributed by atoms with Gasteiger partial charge in [-0.05, 0) is 43.9 Å². The molecule has 0 radical (unpaired) electrons. The standard InChI is InChI=1S/C13H16ClNO/c14-13-8-12(7-6-10(13)9-15)16-11-4-2-1-3-5-11/h6-9,11,15H,1-5H2. The Bertz CT molecular complexity index is 372. The summed E-state index contributed by atoms with van der Waals surface area (Å²) in [4.78, 5) is 0. The molecule has 0 heterocycles. The van der Waals surface area contributed by atoms with Crippen molar-refractivity contribution in [3.05, 3.63) is 28.8 Å². The number of hydrogen-bond donors (Lipinski definition) is 1. The molecule has 3 heteroatoms. The maximum Gasteiger partial charge on any atom is 0.121 e. The van der Waals surface area contributed by atoms with E-state index in [4.69, 9.17) is 21.7 Å². The van der Waals surface area contributed by atoms with Crippen molar-refractivity contribution in [2.24, 2.45) is 0 Å². The molecule has 1 aliphatic rings. The molecule has 1 aliphatic carbocycles. The summed E-state index contributed by atoms with van der Waals surface area (Å²) in [5.74, 6) is 0.822. The van der Waals surface area contributed by atoms with E-state index >= 15 is 0 Å². The highest BCUT2D eigenvalue weighted by molar-refractivity contribution is 6.33. The third kappa shape index (κ3) is 2.76. The smallest absolute Gasteiger partial charge is 0.121 e. The lowest BCUT2D eigenvalue weighted by molar-refractivity contribution is 0.155. The molecule has 16 heavy (non-hydrogen) atoms. The van der Waals surface area contributed by atoms with Gasteiger partial charge in [-0.25, -0.2) is 0 Å². The first-order valence-corrected chi connectivity index (χ1v) is 6.14. The van der Waals surface area contributed by atoms with Crippen LogP contribution in [0.15, 0.2) is 18.2 Å². The molecule has 0 atom stereocenters. The van der Waals surface area contributed by atoms with Crippen LogP contribution in [0.5, 0.6) is 5.75 Å². The van der Waals surface area contributed by atoms with Gasteiger partial charge >= 0.3 is 0 Å². The predicted octanol–water partition coefficient (Wildman–Crippen LogP) is 4.05. The van der Waals surface area contributed by atoms with Crippen LogP contribution in [0, 0.1) is 5.41 Å². The van der Waals surface area contributed by atoms with Gasteiger partial charge in [-0.1, -0.05) is 18.0 Å². The molecule has 86 valence electrons. The van der Waals surface area contributed by atoms with Crippen molar-refractivity contribution in [3.63, 3.8) is 0 Å². The predicted molar refractivity (Wildman–Crippen MR) is 66.8 cm³/mol. The van der Waals surface area contributed by atoms with Crippen molar-refractivity contribution in [1.29, 1.82) is 5.41 Å². The van der Waals surface area contributed by atoms with Gasteiger partial charge in [-0.15, -0.1) is 0 Å². The molecule has 0 amide bonds. The van der Waals surface area contributed by atoms with Gasteiger partial charge in [0.2, 0.25) is 0 Å². The Morgan fingerprint density at radius 1 is 1.25 bits per heavy atom. The fraction of sp³-hybridized carbons (Fsp3) is 0.462. The first-order valence-electron chi connectivity index (χ1n) is 5.76. The van der Waals surface area contributed by atoms with Gasteiger partial charge in [0.25, 0.3) is 0 Å². The second-order valence-electron chi connectivity index (χ2n) is 4.21. The van der Waals surface area contributed by atoms with Gasteiger partial charge in [0, 0.05) is 11.8 Å². The van der Waals surface area contributed by atoms with Crippen molar-refractivity contribution >= 4 is 17.8 Å². The highest BCUT2D eigenvalue weighted by Crippen LogP contribution is 2.26. The number of rotatable bonds is 3. The van der Waals surface area contributed by atoms with Crippen LogP contribution >= 0.6 is 11.6 Å². The average molecular weight is 238 g/mol. The van der Waals surface area contributed by atoms with Crippen LogP contribution in [0.25, 0.3) is 0 Å². The summed E-state index contributed by atoms with van der Waals surface area (Å²) in [6, 6.07) is 5.52. The SMILES string of the molecule is N=Cc1ccc(OC2CCCCC2)cc1Cl. The molecule has 1 fully saturated rings. The van der Waals surface area contributed by atoms with Gasteiger partial charge in [0.1, 0.15) is 5.75 Å². The third-order valence-corrected chi connectivity index (χ3v) is 3.31. The summed E-state index contributed by atoms with van der Waals surface area (Å²) in [7, 11) is 0. The van der Waals surface area contributed by atoms with Crippen LogP contribution in [0.1, 0.15) is 37.7 Å². The van der Waals surface area contributed by atoms with E-state index in [0.717, 1.165) is 24.2 Å². The number of hydrogen-bond acceptors (Lipinski definition) is 2. The number of benzene rings is 1. The van der Waals surface area contributed by atoms with Gasteiger partial charge in [-0.2, -0.15) is 0 Å². The Morgan fingerprint density at radius 2 is 2.00 bits per heavy atom. The maximum absolute atomic E-state index is 7.16. The quantitative estimate of drug-likeness (QED) is 0.791. The van der Waals surface area contributed by atoms with Crippen LogP contribution in [-0.2, 0) is 0 Å². The zero-order valence-corrected chi connectivity index (χ0v) is 9.96. The number of ether oxygens (including phenoxy) is 1. The summed E-state index contributed by atoms with van der Waals surface area (Å²) in [6.45, 7) is 0. The van der Waals surface area contributed by atoms with Crippen molar-refractivity contribution in [3.8, 4) is 5.75 Å². The molecule has 1 aromatic carbocycles. The van der Waals surface area contributed by atoms with Gasteiger partial charge in [0.15, 0.2) is 0 Å². The van der Waals surface area contributed by atoms with Crippen LogP contribution in [0.4, 0.5) is 0 Å². The first kappa shape index (κ1) is 11.5. The third-order valence-electron chi connectivity index (χ3n) is 2.98. The molecule has 1 saturated carbocycles. The summed E-state index contributed by atoms with van der Waals surface area (Å²) in [5, 5.41) is 7.74. The fourth-order valence-electron chi connectivity index (χ4n) is 2.07. The Hall–Kier alpha value is -1.02. The molecule has 0 aliphatic heterocycles. The Kier molecular flexibility index (Phi) is 3.83.